The number of hydrogen-bond donors (Lipinski definition) is 2. The second-order valence-corrected chi connectivity index (χ2v) is 4.02. The van der Waals surface area contributed by atoms with E-state index in [1.807, 2.05) is 13.8 Å². The smallest absolute Gasteiger partial charge is 0.330 e. The van der Waals surface area contributed by atoms with Gasteiger partial charge < -0.3 is 11.1 Å². The predicted molar refractivity (Wildman–Crippen MR) is 61.2 cm³/mol. The molecule has 0 fully saturated rings. The molecular formula is C9H17N5O2. The average molecular weight is 227 g/mol. The van der Waals surface area contributed by atoms with Crippen molar-refractivity contribution in [3.05, 3.63) is 16.3 Å². The molecule has 0 saturated carbocycles. The maximum absolute atomic E-state index is 10.8. The molecule has 3 N–H and O–H groups in total. The number of anilines is 1. The molecule has 1 heterocycles. The highest BCUT2D eigenvalue weighted by Gasteiger charge is 2.22. The zero-order valence-electron chi connectivity index (χ0n) is 9.67. The summed E-state index contributed by atoms with van der Waals surface area (Å²) >= 11 is 0. The Labute approximate surface area is 93.8 Å². The van der Waals surface area contributed by atoms with Crippen molar-refractivity contribution in [2.24, 2.45) is 18.7 Å². The van der Waals surface area contributed by atoms with E-state index in [2.05, 4.69) is 10.4 Å². The van der Waals surface area contributed by atoms with Gasteiger partial charge in [-0.05, 0) is 5.92 Å². The van der Waals surface area contributed by atoms with Gasteiger partial charge in [0.05, 0.1) is 4.92 Å². The van der Waals surface area contributed by atoms with E-state index in [0.29, 0.717) is 6.54 Å². The second kappa shape index (κ2) is 4.93. The number of nitrogens with one attached hydrogen (secondary N) is 1. The highest BCUT2D eigenvalue weighted by Crippen LogP contribution is 2.23. The van der Waals surface area contributed by atoms with Crippen LogP contribution in [0.1, 0.15) is 13.8 Å². The summed E-state index contributed by atoms with van der Waals surface area (Å²) in [6, 6.07) is -0.0198. The molecule has 0 spiro atoms. The lowest BCUT2D eigenvalue weighted by atomic mass is 10.1. The minimum atomic E-state index is -0.455. The highest BCUT2D eigenvalue weighted by atomic mass is 16.6. The Morgan fingerprint density at radius 2 is 2.31 bits per heavy atom. The van der Waals surface area contributed by atoms with Crippen molar-refractivity contribution >= 4 is 11.5 Å². The molecule has 0 bridgehead atoms. The van der Waals surface area contributed by atoms with Gasteiger partial charge in [0.15, 0.2) is 0 Å². The number of aryl methyl sites for hydroxylation is 1. The van der Waals surface area contributed by atoms with Gasteiger partial charge in [-0.25, -0.2) is 0 Å². The summed E-state index contributed by atoms with van der Waals surface area (Å²) in [5.41, 5.74) is 5.56. The Morgan fingerprint density at radius 3 is 2.75 bits per heavy atom. The quantitative estimate of drug-likeness (QED) is 0.570. The predicted octanol–water partition coefficient (Wildman–Crippen LogP) is 0.723. The molecule has 0 radical (unpaired) electrons. The van der Waals surface area contributed by atoms with Crippen LogP contribution in [0, 0.1) is 16.0 Å². The summed E-state index contributed by atoms with van der Waals surface area (Å²) in [6.45, 7) is 4.41. The molecule has 0 aliphatic carbocycles. The van der Waals surface area contributed by atoms with Gasteiger partial charge in [-0.2, -0.15) is 0 Å². The first-order chi connectivity index (χ1) is 7.45. The Bertz CT molecular complexity index is 374. The van der Waals surface area contributed by atoms with Crippen LogP contribution in [0.2, 0.25) is 0 Å². The van der Waals surface area contributed by atoms with Gasteiger partial charge in [0.25, 0.3) is 0 Å². The molecule has 1 unspecified atom stereocenters. The molecule has 1 rings (SSSR count). The van der Waals surface area contributed by atoms with Crippen LogP contribution in [0.3, 0.4) is 0 Å². The molecule has 1 atom stereocenters. The molecule has 7 nitrogen and oxygen atoms in total. The lowest BCUT2D eigenvalue weighted by Crippen LogP contribution is -2.34. The third kappa shape index (κ3) is 2.69. The largest absolute Gasteiger partial charge is 0.359 e. The molecule has 0 amide bonds. The standard InChI is InChI=1S/C9H17N5O2/c1-6(2)7(4-10)11-9-8(14(15)16)5-13(3)12-9/h5-7H,4,10H2,1-3H3,(H,11,12). The van der Waals surface area contributed by atoms with E-state index < -0.39 is 4.92 Å². The van der Waals surface area contributed by atoms with Crippen LogP contribution in [-0.4, -0.2) is 27.3 Å². The third-order valence-corrected chi connectivity index (χ3v) is 2.39. The fourth-order valence-electron chi connectivity index (χ4n) is 1.39. The summed E-state index contributed by atoms with van der Waals surface area (Å²) in [7, 11) is 1.64. The van der Waals surface area contributed by atoms with Crippen molar-refractivity contribution in [3.63, 3.8) is 0 Å². The van der Waals surface area contributed by atoms with Crippen LogP contribution in [0.15, 0.2) is 6.20 Å². The highest BCUT2D eigenvalue weighted by molar-refractivity contribution is 5.55. The zero-order chi connectivity index (χ0) is 12.3. The maximum atomic E-state index is 10.8. The third-order valence-electron chi connectivity index (χ3n) is 2.39. The molecule has 0 aromatic carbocycles. The fraction of sp³-hybridized carbons (Fsp3) is 0.667. The van der Waals surface area contributed by atoms with Gasteiger partial charge in [-0.3, -0.25) is 14.8 Å². The Morgan fingerprint density at radius 1 is 1.69 bits per heavy atom. The molecule has 90 valence electrons. The van der Waals surface area contributed by atoms with Crippen LogP contribution in [0.4, 0.5) is 11.5 Å². The molecule has 0 saturated heterocycles. The Balaban J connectivity index is 2.91. The van der Waals surface area contributed by atoms with Crippen LogP contribution in [0.25, 0.3) is 0 Å². The average Bonchev–Trinajstić information content (AvgIpc) is 2.55. The molecule has 7 heteroatoms. The number of nitrogens with zero attached hydrogens (tertiary/aromatic N) is 3. The van der Waals surface area contributed by atoms with Gasteiger partial charge in [0, 0.05) is 19.6 Å². The van der Waals surface area contributed by atoms with E-state index in [1.165, 1.54) is 10.9 Å². The van der Waals surface area contributed by atoms with E-state index in [0.717, 1.165) is 0 Å². The van der Waals surface area contributed by atoms with Crippen molar-refractivity contribution < 1.29 is 4.92 Å². The fourth-order valence-corrected chi connectivity index (χ4v) is 1.39. The minimum Gasteiger partial charge on any atom is -0.359 e. The lowest BCUT2D eigenvalue weighted by molar-refractivity contribution is -0.384. The number of rotatable bonds is 5. The number of hydrogen-bond acceptors (Lipinski definition) is 5. The van der Waals surface area contributed by atoms with Crippen molar-refractivity contribution in [2.75, 3.05) is 11.9 Å². The molecular weight excluding hydrogens is 210 g/mol. The number of nitro groups is 1. The van der Waals surface area contributed by atoms with Crippen LogP contribution in [0.5, 0.6) is 0 Å². The molecule has 16 heavy (non-hydrogen) atoms. The van der Waals surface area contributed by atoms with Crippen molar-refractivity contribution in [1.82, 2.24) is 9.78 Å². The SMILES string of the molecule is CC(C)C(CN)Nc1nn(C)cc1[N+](=O)[O-]. The van der Waals surface area contributed by atoms with Crippen LogP contribution < -0.4 is 11.1 Å². The summed E-state index contributed by atoms with van der Waals surface area (Å²) < 4.78 is 1.41. The van der Waals surface area contributed by atoms with Gasteiger partial charge in [-0.15, -0.1) is 5.10 Å². The van der Waals surface area contributed by atoms with E-state index >= 15 is 0 Å². The maximum Gasteiger partial charge on any atom is 0.330 e. The normalized spacial score (nSPS) is 12.8. The lowest BCUT2D eigenvalue weighted by Gasteiger charge is -2.19. The van der Waals surface area contributed by atoms with Gasteiger partial charge in [0.1, 0.15) is 6.20 Å². The van der Waals surface area contributed by atoms with E-state index in [1.54, 1.807) is 7.05 Å². The molecule has 1 aromatic heterocycles. The number of aromatic nitrogens is 2. The summed E-state index contributed by atoms with van der Waals surface area (Å²) in [4.78, 5) is 10.3. The van der Waals surface area contributed by atoms with E-state index in [9.17, 15) is 10.1 Å². The molecule has 0 aliphatic rings. The van der Waals surface area contributed by atoms with Crippen molar-refractivity contribution in [1.29, 1.82) is 0 Å². The van der Waals surface area contributed by atoms with E-state index in [4.69, 9.17) is 5.73 Å². The van der Waals surface area contributed by atoms with Gasteiger partial charge >= 0.3 is 5.69 Å². The summed E-state index contributed by atoms with van der Waals surface area (Å²) in [5, 5.41) is 17.8. The van der Waals surface area contributed by atoms with E-state index in [-0.39, 0.29) is 23.5 Å². The topological polar surface area (TPSA) is 99.0 Å². The first kappa shape index (κ1) is 12.4. The van der Waals surface area contributed by atoms with Crippen molar-refractivity contribution in [2.45, 2.75) is 19.9 Å². The second-order valence-electron chi connectivity index (χ2n) is 4.02. The summed E-state index contributed by atoms with van der Waals surface area (Å²) in [5.74, 6) is 0.559. The van der Waals surface area contributed by atoms with Crippen molar-refractivity contribution in [3.8, 4) is 0 Å². The summed E-state index contributed by atoms with van der Waals surface area (Å²) in [6.07, 6.45) is 1.37. The molecule has 1 aromatic rings. The van der Waals surface area contributed by atoms with Gasteiger partial charge in [-0.1, -0.05) is 13.8 Å². The monoisotopic (exact) mass is 227 g/mol. The Kier molecular flexibility index (Phi) is 3.83. The minimum absolute atomic E-state index is 0.0198. The Hall–Kier alpha value is -1.63. The van der Waals surface area contributed by atoms with Gasteiger partial charge in [0.2, 0.25) is 5.82 Å². The van der Waals surface area contributed by atoms with Crippen LogP contribution >= 0.6 is 0 Å². The first-order valence-electron chi connectivity index (χ1n) is 5.10. The van der Waals surface area contributed by atoms with Crippen LogP contribution in [-0.2, 0) is 7.05 Å². The first-order valence-corrected chi connectivity index (χ1v) is 5.10. The molecule has 0 aliphatic heterocycles. The zero-order valence-corrected chi connectivity index (χ0v) is 9.67. The number of nitrogens with two attached hydrogens (primary N) is 1.